The standard InChI is InChI=1S/C19H40N6O8/c20-3-6-1-7(23)17(33-19-14(28)13(27)12(25)11(5-22)31-19)15(29)16(6)32-18-8(24)2-9(26)10(4-21)30-18/h6-19,26-29H,1-5,20-25H2/t6-,7-,8-,9+,10-,11-,12+,13+,14-,15+,16-,17+,18-,19-/m1/s1. The zero-order valence-electron chi connectivity index (χ0n) is 18.5. The van der Waals surface area contributed by atoms with Crippen molar-refractivity contribution in [3.8, 4) is 0 Å². The molecule has 0 aromatic rings. The van der Waals surface area contributed by atoms with E-state index in [-0.39, 0.29) is 32.0 Å². The normalized spacial score (nSPS) is 51.5. The minimum absolute atomic E-state index is 0.00384. The van der Waals surface area contributed by atoms with Crippen molar-refractivity contribution in [3.05, 3.63) is 0 Å². The zero-order chi connectivity index (χ0) is 24.4. The molecule has 0 unspecified atom stereocenters. The molecular formula is C19H40N6O8. The van der Waals surface area contributed by atoms with Crippen molar-refractivity contribution in [3.63, 3.8) is 0 Å². The lowest BCUT2D eigenvalue weighted by molar-refractivity contribution is -0.315. The van der Waals surface area contributed by atoms with Crippen LogP contribution in [0, 0.1) is 5.92 Å². The molecular weight excluding hydrogens is 440 g/mol. The van der Waals surface area contributed by atoms with Crippen LogP contribution < -0.4 is 34.4 Å². The van der Waals surface area contributed by atoms with Gasteiger partial charge in [-0.1, -0.05) is 0 Å². The fourth-order valence-corrected chi connectivity index (χ4v) is 4.78. The smallest absolute Gasteiger partial charge is 0.187 e. The molecule has 1 saturated carbocycles. The third-order valence-electron chi connectivity index (χ3n) is 6.85. The molecule has 3 rings (SSSR count). The van der Waals surface area contributed by atoms with Gasteiger partial charge in [-0.05, 0) is 19.4 Å². The Morgan fingerprint density at radius 2 is 1.27 bits per heavy atom. The Morgan fingerprint density at radius 3 is 1.88 bits per heavy atom. The fourth-order valence-electron chi connectivity index (χ4n) is 4.78. The summed E-state index contributed by atoms with van der Waals surface area (Å²) in [4.78, 5) is 0. The number of rotatable bonds is 7. The van der Waals surface area contributed by atoms with Crippen LogP contribution in [-0.4, -0.2) is 120 Å². The van der Waals surface area contributed by atoms with Gasteiger partial charge in [0.1, 0.15) is 24.4 Å². The van der Waals surface area contributed by atoms with Gasteiger partial charge in [-0.2, -0.15) is 0 Å². The highest BCUT2D eigenvalue weighted by atomic mass is 16.7. The topological polar surface area (TPSA) is 274 Å². The summed E-state index contributed by atoms with van der Waals surface area (Å²) in [6, 6.07) is -2.23. The van der Waals surface area contributed by atoms with Gasteiger partial charge in [0.2, 0.25) is 0 Å². The minimum atomic E-state index is -1.48. The summed E-state index contributed by atoms with van der Waals surface area (Å²) in [6.45, 7) is 0.232. The van der Waals surface area contributed by atoms with Crippen LogP contribution in [0.5, 0.6) is 0 Å². The molecule has 0 aromatic carbocycles. The van der Waals surface area contributed by atoms with Crippen LogP contribution in [0.1, 0.15) is 12.8 Å². The van der Waals surface area contributed by atoms with Crippen molar-refractivity contribution >= 4 is 0 Å². The van der Waals surface area contributed by atoms with Crippen LogP contribution in [-0.2, 0) is 18.9 Å². The summed E-state index contributed by atoms with van der Waals surface area (Å²) in [7, 11) is 0. The van der Waals surface area contributed by atoms with Crippen molar-refractivity contribution < 1.29 is 39.4 Å². The van der Waals surface area contributed by atoms with Gasteiger partial charge in [0, 0.05) is 25.0 Å². The maximum atomic E-state index is 11.1. The molecule has 3 fully saturated rings. The molecule has 14 heteroatoms. The highest BCUT2D eigenvalue weighted by molar-refractivity contribution is 5.00. The predicted octanol–water partition coefficient (Wildman–Crippen LogP) is -6.08. The van der Waals surface area contributed by atoms with E-state index in [9.17, 15) is 20.4 Å². The van der Waals surface area contributed by atoms with Crippen molar-refractivity contribution in [2.45, 2.75) is 92.4 Å². The lowest BCUT2D eigenvalue weighted by Gasteiger charge is -2.48. The molecule has 0 amide bonds. The van der Waals surface area contributed by atoms with E-state index < -0.39 is 79.5 Å². The SMILES string of the molecule is NC[C@H]1C[C@@H](N)[C@H](O[C@H]2O[C@H](CN)[C@H](N)[C@H](O)[C@H]2O)[C@@H](O)[C@@H]1O[C@H]1O[C@H](CN)[C@@H](O)C[C@H]1N. The van der Waals surface area contributed by atoms with Gasteiger partial charge in [0.15, 0.2) is 12.6 Å². The van der Waals surface area contributed by atoms with Gasteiger partial charge >= 0.3 is 0 Å². The Kier molecular flexibility index (Phi) is 9.38. The summed E-state index contributed by atoms with van der Waals surface area (Å²) in [5.74, 6) is -0.346. The van der Waals surface area contributed by atoms with Gasteiger partial charge in [-0.15, -0.1) is 0 Å². The molecule has 16 N–H and O–H groups in total. The number of aliphatic hydroxyl groups excluding tert-OH is 4. The summed E-state index contributed by atoms with van der Waals surface area (Å²) < 4.78 is 23.2. The number of hydrogen-bond acceptors (Lipinski definition) is 14. The molecule has 33 heavy (non-hydrogen) atoms. The van der Waals surface area contributed by atoms with Crippen LogP contribution in [0.4, 0.5) is 0 Å². The second-order valence-corrected chi connectivity index (χ2v) is 9.17. The fraction of sp³-hybridized carbons (Fsp3) is 1.00. The van der Waals surface area contributed by atoms with Crippen molar-refractivity contribution in [2.24, 2.45) is 40.3 Å². The molecule has 0 bridgehead atoms. The molecule has 1 aliphatic carbocycles. The van der Waals surface area contributed by atoms with E-state index in [4.69, 9.17) is 53.3 Å². The van der Waals surface area contributed by atoms with Gasteiger partial charge in [-0.25, -0.2) is 0 Å². The first-order chi connectivity index (χ1) is 15.6. The Morgan fingerprint density at radius 1 is 0.667 bits per heavy atom. The second-order valence-electron chi connectivity index (χ2n) is 9.17. The summed E-state index contributed by atoms with van der Waals surface area (Å²) >= 11 is 0. The molecule has 14 nitrogen and oxygen atoms in total. The van der Waals surface area contributed by atoms with Gasteiger partial charge < -0.3 is 73.8 Å². The van der Waals surface area contributed by atoms with Crippen LogP contribution in [0.15, 0.2) is 0 Å². The van der Waals surface area contributed by atoms with E-state index in [0.29, 0.717) is 6.42 Å². The summed E-state index contributed by atoms with van der Waals surface area (Å²) in [5.41, 5.74) is 35.4. The third kappa shape index (κ3) is 5.65. The lowest BCUT2D eigenvalue weighted by Crippen LogP contribution is -2.67. The van der Waals surface area contributed by atoms with E-state index in [1.807, 2.05) is 0 Å². The Hall–Kier alpha value is -0.560. The number of aliphatic hydroxyl groups is 4. The highest BCUT2D eigenvalue weighted by Gasteiger charge is 2.50. The van der Waals surface area contributed by atoms with E-state index in [2.05, 4.69) is 0 Å². The molecule has 2 aliphatic heterocycles. The third-order valence-corrected chi connectivity index (χ3v) is 6.85. The second kappa shape index (κ2) is 11.5. The quantitative estimate of drug-likeness (QED) is 0.162. The van der Waals surface area contributed by atoms with Crippen molar-refractivity contribution in [1.29, 1.82) is 0 Å². The Labute approximate surface area is 192 Å². The van der Waals surface area contributed by atoms with Crippen LogP contribution in [0.3, 0.4) is 0 Å². The molecule has 2 heterocycles. The van der Waals surface area contributed by atoms with Crippen molar-refractivity contribution in [1.82, 2.24) is 0 Å². The highest BCUT2D eigenvalue weighted by Crippen LogP contribution is 2.33. The Balaban J connectivity index is 1.73. The van der Waals surface area contributed by atoms with Gasteiger partial charge in [-0.3, -0.25) is 0 Å². The molecule has 2 saturated heterocycles. The predicted molar refractivity (Wildman–Crippen MR) is 115 cm³/mol. The van der Waals surface area contributed by atoms with E-state index in [1.165, 1.54) is 0 Å². The minimum Gasteiger partial charge on any atom is -0.390 e. The van der Waals surface area contributed by atoms with E-state index in [0.717, 1.165) is 0 Å². The van der Waals surface area contributed by atoms with Crippen LogP contribution >= 0.6 is 0 Å². The first-order valence-electron chi connectivity index (χ1n) is 11.3. The van der Waals surface area contributed by atoms with Crippen LogP contribution in [0.2, 0.25) is 0 Å². The molecule has 0 aromatic heterocycles. The largest absolute Gasteiger partial charge is 0.390 e. The maximum Gasteiger partial charge on any atom is 0.187 e. The number of ether oxygens (including phenoxy) is 4. The Bertz CT molecular complexity index is 623. The zero-order valence-corrected chi connectivity index (χ0v) is 18.5. The number of nitrogens with two attached hydrogens (primary N) is 6. The van der Waals surface area contributed by atoms with E-state index >= 15 is 0 Å². The first-order valence-corrected chi connectivity index (χ1v) is 11.3. The first kappa shape index (κ1) is 27.0. The average Bonchev–Trinajstić information content (AvgIpc) is 2.79. The van der Waals surface area contributed by atoms with Gasteiger partial charge in [0.25, 0.3) is 0 Å². The molecule has 0 radical (unpaired) electrons. The maximum absolute atomic E-state index is 11.1. The monoisotopic (exact) mass is 480 g/mol. The van der Waals surface area contributed by atoms with Gasteiger partial charge in [0.05, 0.1) is 36.5 Å². The molecule has 194 valence electrons. The average molecular weight is 481 g/mol. The lowest BCUT2D eigenvalue weighted by atomic mass is 9.79. The summed E-state index contributed by atoms with van der Waals surface area (Å²) in [5, 5.41) is 41.8. The molecule has 14 atom stereocenters. The summed E-state index contributed by atoms with van der Waals surface area (Å²) in [6.07, 6.45) is -9.98. The molecule has 3 aliphatic rings. The molecule has 0 spiro atoms. The van der Waals surface area contributed by atoms with E-state index in [1.54, 1.807) is 0 Å². The van der Waals surface area contributed by atoms with Crippen LogP contribution in [0.25, 0.3) is 0 Å². The number of hydrogen-bond donors (Lipinski definition) is 10. The van der Waals surface area contributed by atoms with Crippen molar-refractivity contribution in [2.75, 3.05) is 19.6 Å².